The number of anilines is 1. The molecule has 1 atom stereocenters. The standard InChI is InChI=1S/C21H18ClN3O2/c22-13-5-7-14(8-6-13)25-20(26)11-19(21(25)27)24-10-9-16-15-3-1-2-4-17(15)23-18(16)12-24/h1-8,19,23H,9-12H2. The summed E-state index contributed by atoms with van der Waals surface area (Å²) in [7, 11) is 0. The highest BCUT2D eigenvalue weighted by Crippen LogP contribution is 2.32. The fraction of sp³-hybridized carbons (Fsp3) is 0.238. The maximum Gasteiger partial charge on any atom is 0.251 e. The van der Waals surface area contributed by atoms with Gasteiger partial charge in [0, 0.05) is 34.7 Å². The molecule has 0 aliphatic carbocycles. The molecule has 3 aromatic rings. The number of halogens is 1. The predicted octanol–water partition coefficient (Wildman–Crippen LogP) is 3.51. The highest BCUT2D eigenvalue weighted by Gasteiger charge is 2.43. The summed E-state index contributed by atoms with van der Waals surface area (Å²) in [5.74, 6) is -0.309. The molecule has 2 aliphatic heterocycles. The fourth-order valence-electron chi connectivity index (χ4n) is 4.24. The Balaban J connectivity index is 1.41. The number of H-pyrrole nitrogens is 1. The van der Waals surface area contributed by atoms with Crippen LogP contribution >= 0.6 is 11.6 Å². The largest absolute Gasteiger partial charge is 0.357 e. The van der Waals surface area contributed by atoms with E-state index < -0.39 is 6.04 Å². The van der Waals surface area contributed by atoms with E-state index in [0.29, 0.717) is 17.3 Å². The summed E-state index contributed by atoms with van der Waals surface area (Å²) in [5.41, 5.74) is 4.18. The predicted molar refractivity (Wildman–Crippen MR) is 105 cm³/mol. The van der Waals surface area contributed by atoms with Gasteiger partial charge in [-0.25, -0.2) is 4.90 Å². The lowest BCUT2D eigenvalue weighted by Crippen LogP contribution is -2.44. The van der Waals surface area contributed by atoms with E-state index >= 15 is 0 Å². The van der Waals surface area contributed by atoms with Crippen LogP contribution in [0.4, 0.5) is 5.69 Å². The van der Waals surface area contributed by atoms with E-state index in [1.165, 1.54) is 15.8 Å². The van der Waals surface area contributed by atoms with E-state index in [1.54, 1.807) is 24.3 Å². The molecule has 3 heterocycles. The van der Waals surface area contributed by atoms with Gasteiger partial charge in [-0.15, -0.1) is 0 Å². The van der Waals surface area contributed by atoms with Crippen LogP contribution in [0.3, 0.4) is 0 Å². The zero-order valence-electron chi connectivity index (χ0n) is 14.6. The van der Waals surface area contributed by atoms with Crippen molar-refractivity contribution in [3.8, 4) is 0 Å². The summed E-state index contributed by atoms with van der Waals surface area (Å²) in [6.07, 6.45) is 1.09. The van der Waals surface area contributed by atoms with Crippen molar-refractivity contribution >= 4 is 40.0 Å². The third kappa shape index (κ3) is 2.66. The zero-order chi connectivity index (χ0) is 18.5. The SMILES string of the molecule is O=C1CC(N2CCc3c([nH]c4ccccc34)C2)C(=O)N1c1ccc(Cl)cc1. The Morgan fingerprint density at radius 2 is 1.81 bits per heavy atom. The summed E-state index contributed by atoms with van der Waals surface area (Å²) in [5, 5.41) is 1.83. The molecule has 2 aromatic carbocycles. The van der Waals surface area contributed by atoms with Gasteiger partial charge in [-0.2, -0.15) is 0 Å². The smallest absolute Gasteiger partial charge is 0.251 e. The van der Waals surface area contributed by atoms with Crippen LogP contribution in [-0.2, 0) is 22.6 Å². The Bertz CT molecular complexity index is 1060. The second-order valence-electron chi connectivity index (χ2n) is 7.11. The van der Waals surface area contributed by atoms with Crippen molar-refractivity contribution in [3.05, 3.63) is 64.8 Å². The number of carbonyl (C=O) groups excluding carboxylic acids is 2. The fourth-order valence-corrected chi connectivity index (χ4v) is 4.37. The maximum absolute atomic E-state index is 13.0. The average Bonchev–Trinajstić information content (AvgIpc) is 3.19. The van der Waals surface area contributed by atoms with Crippen molar-refractivity contribution in [2.24, 2.45) is 0 Å². The van der Waals surface area contributed by atoms with Gasteiger partial charge < -0.3 is 4.98 Å². The Hall–Kier alpha value is -2.63. The number of amides is 2. The van der Waals surface area contributed by atoms with Crippen molar-refractivity contribution in [2.75, 3.05) is 11.4 Å². The van der Waals surface area contributed by atoms with Gasteiger partial charge in [-0.1, -0.05) is 29.8 Å². The van der Waals surface area contributed by atoms with Gasteiger partial charge in [0.25, 0.3) is 5.91 Å². The molecule has 0 saturated carbocycles. The van der Waals surface area contributed by atoms with E-state index in [4.69, 9.17) is 11.6 Å². The first-order valence-corrected chi connectivity index (χ1v) is 9.44. The van der Waals surface area contributed by atoms with Crippen LogP contribution in [0.15, 0.2) is 48.5 Å². The van der Waals surface area contributed by atoms with Gasteiger partial charge in [0.2, 0.25) is 5.91 Å². The summed E-state index contributed by atoms with van der Waals surface area (Å²) in [6, 6.07) is 14.7. The van der Waals surface area contributed by atoms with Crippen LogP contribution < -0.4 is 4.90 Å². The molecular formula is C21H18ClN3O2. The number of carbonyl (C=O) groups is 2. The first-order chi connectivity index (χ1) is 13.1. The quantitative estimate of drug-likeness (QED) is 0.693. The third-order valence-corrected chi connectivity index (χ3v) is 5.81. The molecule has 1 fully saturated rings. The van der Waals surface area contributed by atoms with Gasteiger partial charge in [0.1, 0.15) is 0 Å². The van der Waals surface area contributed by atoms with Crippen LogP contribution in [-0.4, -0.2) is 34.3 Å². The molecule has 5 nitrogen and oxygen atoms in total. The second kappa shape index (κ2) is 6.22. The monoisotopic (exact) mass is 379 g/mol. The van der Waals surface area contributed by atoms with Crippen LogP contribution in [0, 0.1) is 0 Å². The Morgan fingerprint density at radius 1 is 1.04 bits per heavy atom. The first-order valence-electron chi connectivity index (χ1n) is 9.07. The highest BCUT2D eigenvalue weighted by molar-refractivity contribution is 6.30. The molecule has 6 heteroatoms. The number of nitrogens with zero attached hydrogens (tertiary/aromatic N) is 2. The lowest BCUT2D eigenvalue weighted by atomic mass is 10.0. The summed E-state index contributed by atoms with van der Waals surface area (Å²) in [4.78, 5) is 32.4. The Morgan fingerprint density at radius 3 is 2.63 bits per heavy atom. The molecule has 2 aliphatic rings. The number of imide groups is 1. The molecule has 27 heavy (non-hydrogen) atoms. The minimum Gasteiger partial charge on any atom is -0.357 e. The van der Waals surface area contributed by atoms with E-state index in [1.807, 2.05) is 12.1 Å². The van der Waals surface area contributed by atoms with Gasteiger partial charge in [-0.3, -0.25) is 14.5 Å². The molecule has 0 spiro atoms. The van der Waals surface area contributed by atoms with Crippen molar-refractivity contribution < 1.29 is 9.59 Å². The maximum atomic E-state index is 13.0. The number of benzene rings is 2. The van der Waals surface area contributed by atoms with E-state index in [9.17, 15) is 9.59 Å². The molecule has 5 rings (SSSR count). The first kappa shape index (κ1) is 16.5. The number of rotatable bonds is 2. The normalized spacial score (nSPS) is 20.5. The number of aromatic amines is 1. The van der Waals surface area contributed by atoms with Crippen LogP contribution in [0.25, 0.3) is 10.9 Å². The number of aromatic nitrogens is 1. The van der Waals surface area contributed by atoms with Gasteiger partial charge in [0.15, 0.2) is 0 Å². The molecule has 2 amide bonds. The van der Waals surface area contributed by atoms with Gasteiger partial charge in [0.05, 0.1) is 18.2 Å². The molecular weight excluding hydrogens is 362 g/mol. The topological polar surface area (TPSA) is 56.4 Å². The Kier molecular flexibility index (Phi) is 3.81. The summed E-state index contributed by atoms with van der Waals surface area (Å²) < 4.78 is 0. The van der Waals surface area contributed by atoms with Crippen molar-refractivity contribution in [1.29, 1.82) is 0 Å². The molecule has 136 valence electrons. The number of hydrogen-bond donors (Lipinski definition) is 1. The lowest BCUT2D eigenvalue weighted by molar-refractivity contribution is -0.123. The number of para-hydroxylation sites is 1. The number of nitrogens with one attached hydrogen (secondary N) is 1. The number of fused-ring (bicyclic) bond motifs is 3. The van der Waals surface area contributed by atoms with Crippen molar-refractivity contribution in [3.63, 3.8) is 0 Å². The lowest BCUT2D eigenvalue weighted by Gasteiger charge is -2.30. The van der Waals surface area contributed by atoms with Gasteiger partial charge >= 0.3 is 0 Å². The van der Waals surface area contributed by atoms with E-state index in [-0.39, 0.29) is 18.2 Å². The molecule has 0 radical (unpaired) electrons. The highest BCUT2D eigenvalue weighted by atomic mass is 35.5. The van der Waals surface area contributed by atoms with Crippen LogP contribution in [0.1, 0.15) is 17.7 Å². The van der Waals surface area contributed by atoms with Crippen molar-refractivity contribution in [2.45, 2.75) is 25.4 Å². The molecule has 1 N–H and O–H groups in total. The molecule has 0 bridgehead atoms. The molecule has 1 aromatic heterocycles. The van der Waals surface area contributed by atoms with Crippen molar-refractivity contribution in [1.82, 2.24) is 9.88 Å². The second-order valence-corrected chi connectivity index (χ2v) is 7.55. The minimum atomic E-state index is -0.409. The van der Waals surface area contributed by atoms with E-state index in [2.05, 4.69) is 22.0 Å². The van der Waals surface area contributed by atoms with Gasteiger partial charge in [-0.05, 0) is 42.3 Å². The molecule has 1 unspecified atom stereocenters. The average molecular weight is 380 g/mol. The molecule has 1 saturated heterocycles. The van der Waals surface area contributed by atoms with Crippen LogP contribution in [0.2, 0.25) is 5.02 Å². The Labute approximate surface area is 161 Å². The minimum absolute atomic E-state index is 0.151. The van der Waals surface area contributed by atoms with E-state index in [0.717, 1.165) is 24.2 Å². The summed E-state index contributed by atoms with van der Waals surface area (Å²) >= 11 is 5.92. The van der Waals surface area contributed by atoms with Crippen LogP contribution in [0.5, 0.6) is 0 Å². The third-order valence-electron chi connectivity index (χ3n) is 5.56. The zero-order valence-corrected chi connectivity index (χ0v) is 15.4. The number of hydrogen-bond acceptors (Lipinski definition) is 3. The summed E-state index contributed by atoms with van der Waals surface area (Å²) in [6.45, 7) is 1.43.